The molecule has 4 rings (SSSR count). The van der Waals surface area contributed by atoms with Gasteiger partial charge in [-0.15, -0.1) is 0 Å². The number of fused-ring (bicyclic) bond motifs is 2. The largest absolute Gasteiger partial charge is 0.493 e. The average molecular weight is 472 g/mol. The summed E-state index contributed by atoms with van der Waals surface area (Å²) in [7, 11) is 7.51. The van der Waals surface area contributed by atoms with Crippen LogP contribution in [0.2, 0.25) is 0 Å². The van der Waals surface area contributed by atoms with Crippen molar-refractivity contribution in [3.8, 4) is 28.7 Å². The summed E-state index contributed by atoms with van der Waals surface area (Å²) in [4.78, 5) is 30.1. The van der Waals surface area contributed by atoms with Gasteiger partial charge in [0.2, 0.25) is 11.7 Å². The molecular weight excluding hydrogens is 444 g/mol. The summed E-state index contributed by atoms with van der Waals surface area (Å²) in [6.07, 6.45) is -0.610. The fourth-order valence-electron chi connectivity index (χ4n) is 4.56. The van der Waals surface area contributed by atoms with E-state index in [2.05, 4.69) is 0 Å². The molecule has 2 aliphatic heterocycles. The summed E-state index contributed by atoms with van der Waals surface area (Å²) in [5.41, 5.74) is 1.38. The van der Waals surface area contributed by atoms with Crippen LogP contribution < -0.4 is 28.6 Å². The van der Waals surface area contributed by atoms with Crippen LogP contribution in [0.15, 0.2) is 24.3 Å². The lowest BCUT2D eigenvalue weighted by Crippen LogP contribution is -2.44. The molecule has 0 bridgehead atoms. The van der Waals surface area contributed by atoms with Crippen LogP contribution in [0.4, 0.5) is 5.69 Å². The number of hydrogen-bond donors (Lipinski definition) is 1. The molecule has 2 aromatic rings. The van der Waals surface area contributed by atoms with E-state index in [1.54, 1.807) is 24.3 Å². The number of nitrogens with zero attached hydrogens (tertiary/aromatic N) is 2. The maximum absolute atomic E-state index is 13.7. The van der Waals surface area contributed by atoms with Crippen molar-refractivity contribution in [3.05, 3.63) is 35.4 Å². The highest BCUT2D eigenvalue weighted by Gasteiger charge is 2.45. The van der Waals surface area contributed by atoms with Gasteiger partial charge in [0.25, 0.3) is 5.91 Å². The molecule has 182 valence electrons. The fraction of sp³-hybridized carbons (Fsp3) is 0.417. The molecule has 2 atom stereocenters. The van der Waals surface area contributed by atoms with Crippen molar-refractivity contribution in [1.82, 2.24) is 4.90 Å². The second-order valence-electron chi connectivity index (χ2n) is 8.05. The van der Waals surface area contributed by atoms with E-state index in [-0.39, 0.29) is 36.9 Å². The standard InChI is InChI=1S/C24H28N2O8/c1-30-18-9-15-16(10-19(18)31-2)25(24(29)17-8-14(27)12-26(17)23(15)28)11-13-6-20(32-3)22(34-5)21(7-13)33-4/h6-7,9-10,14,17,27H,8,11-12H2,1-5H3/t14-,17+/m1/s1. The van der Waals surface area contributed by atoms with Gasteiger partial charge in [-0.25, -0.2) is 0 Å². The maximum atomic E-state index is 13.7. The number of hydrogen-bond acceptors (Lipinski definition) is 8. The molecule has 0 aliphatic carbocycles. The second-order valence-corrected chi connectivity index (χ2v) is 8.05. The molecule has 0 spiro atoms. The van der Waals surface area contributed by atoms with E-state index in [0.717, 1.165) is 0 Å². The van der Waals surface area contributed by atoms with Crippen LogP contribution in [-0.4, -0.2) is 76.1 Å². The minimum atomic E-state index is -0.783. The number of aliphatic hydroxyl groups excluding tert-OH is 1. The number of anilines is 1. The van der Waals surface area contributed by atoms with Gasteiger partial charge in [0.05, 0.1) is 59.4 Å². The van der Waals surface area contributed by atoms with Gasteiger partial charge >= 0.3 is 0 Å². The van der Waals surface area contributed by atoms with Crippen molar-refractivity contribution in [3.63, 3.8) is 0 Å². The molecular formula is C24H28N2O8. The molecule has 10 nitrogen and oxygen atoms in total. The fourth-order valence-corrected chi connectivity index (χ4v) is 4.56. The average Bonchev–Trinajstić information content (AvgIpc) is 3.23. The molecule has 0 saturated carbocycles. The molecule has 0 radical (unpaired) electrons. The quantitative estimate of drug-likeness (QED) is 0.651. The smallest absolute Gasteiger partial charge is 0.256 e. The van der Waals surface area contributed by atoms with E-state index < -0.39 is 12.1 Å². The van der Waals surface area contributed by atoms with Crippen molar-refractivity contribution in [2.45, 2.75) is 25.1 Å². The van der Waals surface area contributed by atoms with Gasteiger partial charge in [-0.05, 0) is 23.8 Å². The van der Waals surface area contributed by atoms with Gasteiger partial charge in [-0.2, -0.15) is 0 Å². The van der Waals surface area contributed by atoms with E-state index in [1.165, 1.54) is 45.3 Å². The summed E-state index contributed by atoms with van der Waals surface area (Å²) in [5.74, 6) is 1.43. The molecule has 0 unspecified atom stereocenters. The molecule has 1 fully saturated rings. The van der Waals surface area contributed by atoms with Gasteiger partial charge in [0.1, 0.15) is 6.04 Å². The monoisotopic (exact) mass is 472 g/mol. The SMILES string of the molecule is COc1cc2c(cc1OC)N(Cc1cc(OC)c(OC)c(OC)c1)C(=O)[C@@H]1C[C@@H](O)CN1C2=O. The summed E-state index contributed by atoms with van der Waals surface area (Å²) >= 11 is 0. The lowest BCUT2D eigenvalue weighted by molar-refractivity contribution is -0.122. The lowest BCUT2D eigenvalue weighted by atomic mass is 10.1. The molecule has 2 aromatic carbocycles. The highest BCUT2D eigenvalue weighted by atomic mass is 16.5. The van der Waals surface area contributed by atoms with E-state index in [9.17, 15) is 14.7 Å². The van der Waals surface area contributed by atoms with Crippen LogP contribution in [0.5, 0.6) is 28.7 Å². The molecule has 1 saturated heterocycles. The van der Waals surface area contributed by atoms with Crippen LogP contribution in [0.3, 0.4) is 0 Å². The van der Waals surface area contributed by atoms with Crippen LogP contribution in [0.1, 0.15) is 22.3 Å². The summed E-state index contributed by atoms with van der Waals surface area (Å²) in [6, 6.07) is 5.92. The number of benzene rings is 2. The maximum Gasteiger partial charge on any atom is 0.256 e. The number of amides is 2. The minimum absolute atomic E-state index is 0.0844. The van der Waals surface area contributed by atoms with E-state index >= 15 is 0 Å². The zero-order chi connectivity index (χ0) is 24.6. The number of methoxy groups -OCH3 is 5. The number of carbonyl (C=O) groups excluding carboxylic acids is 2. The molecule has 2 aliphatic rings. The Labute approximate surface area is 197 Å². The Hall–Kier alpha value is -3.66. The first-order valence-electron chi connectivity index (χ1n) is 10.7. The molecule has 0 aromatic heterocycles. The van der Waals surface area contributed by atoms with Crippen LogP contribution in [0.25, 0.3) is 0 Å². The van der Waals surface area contributed by atoms with Crippen molar-refractivity contribution in [2.24, 2.45) is 0 Å². The first-order chi connectivity index (χ1) is 16.4. The summed E-state index contributed by atoms with van der Waals surface area (Å²) in [5, 5.41) is 10.2. The van der Waals surface area contributed by atoms with Gasteiger partial charge < -0.3 is 38.6 Å². The van der Waals surface area contributed by atoms with Crippen LogP contribution in [-0.2, 0) is 11.3 Å². The van der Waals surface area contributed by atoms with Crippen molar-refractivity contribution >= 4 is 17.5 Å². The zero-order valence-corrected chi connectivity index (χ0v) is 19.8. The van der Waals surface area contributed by atoms with Crippen molar-refractivity contribution < 1.29 is 38.4 Å². The Morgan fingerprint density at radius 1 is 0.853 bits per heavy atom. The normalized spacial score (nSPS) is 19.4. The molecule has 2 heterocycles. The predicted molar refractivity (Wildman–Crippen MR) is 122 cm³/mol. The third-order valence-electron chi connectivity index (χ3n) is 6.18. The number of carbonyl (C=O) groups is 2. The van der Waals surface area contributed by atoms with Crippen LogP contribution in [0, 0.1) is 0 Å². The Morgan fingerprint density at radius 3 is 2.00 bits per heavy atom. The number of rotatable bonds is 7. The zero-order valence-electron chi connectivity index (χ0n) is 19.8. The molecule has 10 heteroatoms. The number of aliphatic hydroxyl groups is 1. The van der Waals surface area contributed by atoms with Gasteiger partial charge in [0.15, 0.2) is 23.0 Å². The van der Waals surface area contributed by atoms with Crippen molar-refractivity contribution in [2.75, 3.05) is 47.0 Å². The van der Waals surface area contributed by atoms with E-state index in [1.807, 2.05) is 0 Å². The van der Waals surface area contributed by atoms with Crippen LogP contribution >= 0.6 is 0 Å². The first kappa shape index (κ1) is 23.5. The first-order valence-corrected chi connectivity index (χ1v) is 10.7. The summed E-state index contributed by atoms with van der Waals surface area (Å²) < 4.78 is 27.1. The van der Waals surface area contributed by atoms with E-state index in [4.69, 9.17) is 23.7 Å². The Bertz CT molecular complexity index is 1090. The minimum Gasteiger partial charge on any atom is -0.493 e. The number of ether oxygens (including phenoxy) is 5. The third kappa shape index (κ3) is 3.83. The molecule has 2 amide bonds. The highest BCUT2D eigenvalue weighted by molar-refractivity contribution is 6.11. The second kappa shape index (κ2) is 9.30. The molecule has 1 N–H and O–H groups in total. The van der Waals surface area contributed by atoms with E-state index in [0.29, 0.717) is 40.0 Å². The van der Waals surface area contributed by atoms with Gasteiger partial charge in [-0.3, -0.25) is 9.59 Å². The van der Waals surface area contributed by atoms with Gasteiger partial charge in [0, 0.05) is 19.0 Å². The Balaban J connectivity index is 1.87. The summed E-state index contributed by atoms with van der Waals surface area (Å²) in [6.45, 7) is 0.201. The Kier molecular flexibility index (Phi) is 6.43. The predicted octanol–water partition coefficient (Wildman–Crippen LogP) is 1.85. The lowest BCUT2D eigenvalue weighted by Gasteiger charge is -2.27. The highest BCUT2D eigenvalue weighted by Crippen LogP contribution is 2.42. The van der Waals surface area contributed by atoms with Gasteiger partial charge in [-0.1, -0.05) is 0 Å². The van der Waals surface area contributed by atoms with Crippen molar-refractivity contribution in [1.29, 1.82) is 0 Å². The topological polar surface area (TPSA) is 107 Å². The Morgan fingerprint density at radius 2 is 1.44 bits per heavy atom. The molecule has 34 heavy (non-hydrogen) atoms. The third-order valence-corrected chi connectivity index (χ3v) is 6.18.